The highest BCUT2D eigenvalue weighted by atomic mass is 14.6. The number of benzene rings is 1. The van der Waals surface area contributed by atoms with E-state index in [1.54, 1.807) is 0 Å². The average Bonchev–Trinajstić information content (AvgIpc) is 2.18. The quantitative estimate of drug-likeness (QED) is 0.735. The third-order valence-electron chi connectivity index (χ3n) is 2.25. The Morgan fingerprint density at radius 2 is 1.77 bits per heavy atom. The molecule has 0 heterocycles. The van der Waals surface area contributed by atoms with Crippen molar-refractivity contribution in [2.45, 2.75) is 32.9 Å². The van der Waals surface area contributed by atoms with Gasteiger partial charge in [0.15, 0.2) is 0 Å². The van der Waals surface area contributed by atoms with Crippen LogP contribution in [-0.2, 0) is 19.5 Å². The minimum atomic E-state index is 0.582. The molecule has 0 saturated heterocycles. The van der Waals surface area contributed by atoms with Gasteiger partial charge in [0.25, 0.3) is 0 Å². The Bertz CT molecular complexity index is 269. The van der Waals surface area contributed by atoms with Gasteiger partial charge in [-0.1, -0.05) is 31.5 Å². The maximum absolute atomic E-state index is 5.64. The van der Waals surface area contributed by atoms with Crippen molar-refractivity contribution in [2.75, 3.05) is 0 Å². The number of hydrogen-bond acceptors (Lipinski definition) is 2. The molecule has 0 aliphatic heterocycles. The summed E-state index contributed by atoms with van der Waals surface area (Å²) in [6.07, 6.45) is 2.30. The Labute approximate surface area is 79.9 Å². The standard InChI is InChI=1S/C11H18N2/c1-2-3-9-4-5-10(7-12)11(6-9)8-13/h4-6H,2-3,7-8,12-13H2,1H3. The molecule has 0 spiro atoms. The molecule has 1 rings (SSSR count). The lowest BCUT2D eigenvalue weighted by Crippen LogP contribution is -2.06. The summed E-state index contributed by atoms with van der Waals surface area (Å²) in [6.45, 7) is 3.35. The molecule has 0 bridgehead atoms. The lowest BCUT2D eigenvalue weighted by atomic mass is 10.0. The minimum absolute atomic E-state index is 0.582. The molecule has 0 fully saturated rings. The average molecular weight is 178 g/mol. The summed E-state index contributed by atoms with van der Waals surface area (Å²) in [5, 5.41) is 0. The van der Waals surface area contributed by atoms with Gasteiger partial charge in [-0.25, -0.2) is 0 Å². The van der Waals surface area contributed by atoms with Crippen molar-refractivity contribution in [3.63, 3.8) is 0 Å². The van der Waals surface area contributed by atoms with E-state index < -0.39 is 0 Å². The molecule has 0 aromatic heterocycles. The molecule has 0 atom stereocenters. The van der Waals surface area contributed by atoms with Crippen LogP contribution in [-0.4, -0.2) is 0 Å². The van der Waals surface area contributed by atoms with Gasteiger partial charge in [0, 0.05) is 13.1 Å². The summed E-state index contributed by atoms with van der Waals surface area (Å²) in [6, 6.07) is 6.41. The molecular formula is C11H18N2. The summed E-state index contributed by atoms with van der Waals surface area (Å²) in [5.41, 5.74) is 14.9. The zero-order valence-electron chi connectivity index (χ0n) is 8.22. The summed E-state index contributed by atoms with van der Waals surface area (Å²) < 4.78 is 0. The van der Waals surface area contributed by atoms with Gasteiger partial charge < -0.3 is 11.5 Å². The number of rotatable bonds is 4. The second-order valence-electron chi connectivity index (χ2n) is 3.26. The molecule has 0 unspecified atom stereocenters. The summed E-state index contributed by atoms with van der Waals surface area (Å²) in [7, 11) is 0. The lowest BCUT2D eigenvalue weighted by Gasteiger charge is -2.07. The first-order chi connectivity index (χ1) is 6.31. The van der Waals surface area contributed by atoms with Crippen LogP contribution in [0.1, 0.15) is 30.0 Å². The highest BCUT2D eigenvalue weighted by Crippen LogP contribution is 2.12. The van der Waals surface area contributed by atoms with Gasteiger partial charge >= 0.3 is 0 Å². The molecule has 0 aliphatic rings. The second-order valence-corrected chi connectivity index (χ2v) is 3.26. The Kier molecular flexibility index (Phi) is 3.93. The molecule has 0 saturated carbocycles. The van der Waals surface area contributed by atoms with Crippen LogP contribution in [0, 0.1) is 0 Å². The second kappa shape index (κ2) is 5.00. The normalized spacial score (nSPS) is 10.4. The van der Waals surface area contributed by atoms with E-state index >= 15 is 0 Å². The summed E-state index contributed by atoms with van der Waals surface area (Å²) in [5.74, 6) is 0. The van der Waals surface area contributed by atoms with E-state index in [2.05, 4.69) is 25.1 Å². The van der Waals surface area contributed by atoms with Crippen LogP contribution in [0.2, 0.25) is 0 Å². The Morgan fingerprint density at radius 3 is 2.31 bits per heavy atom. The first-order valence-corrected chi connectivity index (χ1v) is 4.82. The van der Waals surface area contributed by atoms with Crippen molar-refractivity contribution >= 4 is 0 Å². The highest BCUT2D eigenvalue weighted by molar-refractivity contribution is 5.32. The van der Waals surface area contributed by atoms with Crippen LogP contribution in [0.4, 0.5) is 0 Å². The van der Waals surface area contributed by atoms with Crippen LogP contribution < -0.4 is 11.5 Å². The van der Waals surface area contributed by atoms with Crippen LogP contribution in [0.15, 0.2) is 18.2 Å². The zero-order valence-corrected chi connectivity index (χ0v) is 8.22. The van der Waals surface area contributed by atoms with E-state index in [1.807, 2.05) is 0 Å². The molecule has 4 N–H and O–H groups in total. The monoisotopic (exact) mass is 178 g/mol. The summed E-state index contributed by atoms with van der Waals surface area (Å²) in [4.78, 5) is 0. The topological polar surface area (TPSA) is 52.0 Å². The van der Waals surface area contributed by atoms with E-state index in [4.69, 9.17) is 11.5 Å². The Hall–Kier alpha value is -0.860. The molecule has 1 aromatic rings. The van der Waals surface area contributed by atoms with Gasteiger partial charge in [0.2, 0.25) is 0 Å². The molecule has 0 aliphatic carbocycles. The van der Waals surface area contributed by atoms with Crippen LogP contribution in [0.25, 0.3) is 0 Å². The first-order valence-electron chi connectivity index (χ1n) is 4.82. The lowest BCUT2D eigenvalue weighted by molar-refractivity contribution is 0.905. The molecule has 0 amide bonds. The van der Waals surface area contributed by atoms with Crippen molar-refractivity contribution in [2.24, 2.45) is 11.5 Å². The third kappa shape index (κ3) is 2.54. The van der Waals surface area contributed by atoms with Gasteiger partial charge in [-0.3, -0.25) is 0 Å². The van der Waals surface area contributed by atoms with Crippen molar-refractivity contribution in [1.29, 1.82) is 0 Å². The molecular weight excluding hydrogens is 160 g/mol. The number of nitrogens with two attached hydrogens (primary N) is 2. The van der Waals surface area contributed by atoms with Crippen molar-refractivity contribution in [1.82, 2.24) is 0 Å². The van der Waals surface area contributed by atoms with Crippen LogP contribution in [0.3, 0.4) is 0 Å². The maximum atomic E-state index is 5.64. The first kappa shape index (κ1) is 10.2. The van der Waals surface area contributed by atoms with Gasteiger partial charge in [0.05, 0.1) is 0 Å². The van der Waals surface area contributed by atoms with Crippen LogP contribution in [0.5, 0.6) is 0 Å². The van der Waals surface area contributed by atoms with Gasteiger partial charge in [-0.2, -0.15) is 0 Å². The Morgan fingerprint density at radius 1 is 1.08 bits per heavy atom. The van der Waals surface area contributed by atoms with E-state index in [-0.39, 0.29) is 0 Å². The fraction of sp³-hybridized carbons (Fsp3) is 0.455. The molecule has 1 aromatic carbocycles. The van der Waals surface area contributed by atoms with Crippen molar-refractivity contribution in [3.8, 4) is 0 Å². The fourth-order valence-corrected chi connectivity index (χ4v) is 1.51. The number of hydrogen-bond donors (Lipinski definition) is 2. The smallest absolute Gasteiger partial charge is 0.0181 e. The van der Waals surface area contributed by atoms with Gasteiger partial charge in [-0.15, -0.1) is 0 Å². The molecule has 13 heavy (non-hydrogen) atoms. The highest BCUT2D eigenvalue weighted by Gasteiger charge is 2.00. The van der Waals surface area contributed by atoms with Crippen LogP contribution >= 0.6 is 0 Å². The molecule has 72 valence electrons. The van der Waals surface area contributed by atoms with E-state index in [0.29, 0.717) is 13.1 Å². The van der Waals surface area contributed by atoms with E-state index in [1.165, 1.54) is 23.1 Å². The SMILES string of the molecule is CCCc1ccc(CN)c(CN)c1. The third-order valence-corrected chi connectivity index (χ3v) is 2.25. The van der Waals surface area contributed by atoms with Crippen molar-refractivity contribution in [3.05, 3.63) is 34.9 Å². The van der Waals surface area contributed by atoms with Crippen molar-refractivity contribution < 1.29 is 0 Å². The van der Waals surface area contributed by atoms with Gasteiger partial charge in [-0.05, 0) is 23.1 Å². The molecule has 2 nitrogen and oxygen atoms in total. The molecule has 0 radical (unpaired) electrons. The van der Waals surface area contributed by atoms with E-state index in [9.17, 15) is 0 Å². The fourth-order valence-electron chi connectivity index (χ4n) is 1.51. The Balaban J connectivity index is 2.91. The predicted octanol–water partition coefficient (Wildman–Crippen LogP) is 1.56. The largest absolute Gasteiger partial charge is 0.326 e. The zero-order chi connectivity index (χ0) is 9.68. The minimum Gasteiger partial charge on any atom is -0.326 e. The molecule has 2 heteroatoms. The maximum Gasteiger partial charge on any atom is 0.0181 e. The predicted molar refractivity (Wildman–Crippen MR) is 56.2 cm³/mol. The van der Waals surface area contributed by atoms with Gasteiger partial charge in [0.1, 0.15) is 0 Å². The van der Waals surface area contributed by atoms with E-state index in [0.717, 1.165) is 6.42 Å². The summed E-state index contributed by atoms with van der Waals surface area (Å²) >= 11 is 0. The number of aryl methyl sites for hydroxylation is 1.